The molecule has 2 amide bonds. The Labute approximate surface area is 173 Å². The maximum absolute atomic E-state index is 12.6. The Hall–Kier alpha value is -3.94. The van der Waals surface area contributed by atoms with Gasteiger partial charge in [-0.1, -0.05) is 24.3 Å². The van der Waals surface area contributed by atoms with Gasteiger partial charge in [-0.2, -0.15) is 5.10 Å². The highest BCUT2D eigenvalue weighted by molar-refractivity contribution is 6.03. The van der Waals surface area contributed by atoms with Crippen LogP contribution in [-0.2, 0) is 6.54 Å². The molecule has 0 aliphatic carbocycles. The molecular formula is C22H22N4O4. The molecule has 3 aromatic rings. The van der Waals surface area contributed by atoms with Crippen molar-refractivity contribution in [2.75, 3.05) is 26.0 Å². The third-order valence-electron chi connectivity index (χ3n) is 4.19. The minimum Gasteiger partial charge on any atom is -0.492 e. The standard InChI is InChI=1S/C22H22N4O4/c1-25(2)22(29)16-7-6-8-17(15-16)23-21(28)19-11-12-20(27)26(24-19)13-14-30-18-9-4-3-5-10-18/h3-12,15H,13-14H2,1-2H3,(H,23,28). The number of para-hydroxylation sites is 1. The largest absolute Gasteiger partial charge is 0.492 e. The highest BCUT2D eigenvalue weighted by atomic mass is 16.5. The summed E-state index contributed by atoms with van der Waals surface area (Å²) in [5.74, 6) is 0.0324. The third-order valence-corrected chi connectivity index (χ3v) is 4.19. The Balaban J connectivity index is 1.68. The number of nitrogens with one attached hydrogen (secondary N) is 1. The molecule has 1 N–H and O–H groups in total. The Morgan fingerprint density at radius 2 is 1.80 bits per heavy atom. The molecule has 0 bridgehead atoms. The van der Waals surface area contributed by atoms with Gasteiger partial charge in [0.05, 0.1) is 6.54 Å². The first-order valence-electron chi connectivity index (χ1n) is 9.33. The lowest BCUT2D eigenvalue weighted by atomic mass is 10.2. The van der Waals surface area contributed by atoms with E-state index >= 15 is 0 Å². The lowest BCUT2D eigenvalue weighted by molar-refractivity contribution is 0.0827. The maximum atomic E-state index is 12.6. The summed E-state index contributed by atoms with van der Waals surface area (Å²) in [6.07, 6.45) is 0. The van der Waals surface area contributed by atoms with E-state index < -0.39 is 5.91 Å². The Morgan fingerprint density at radius 1 is 1.03 bits per heavy atom. The average molecular weight is 406 g/mol. The van der Waals surface area contributed by atoms with Crippen LogP contribution in [0.4, 0.5) is 5.69 Å². The van der Waals surface area contributed by atoms with Crippen LogP contribution in [0.25, 0.3) is 0 Å². The van der Waals surface area contributed by atoms with Crippen molar-refractivity contribution in [1.29, 1.82) is 0 Å². The fraction of sp³-hybridized carbons (Fsp3) is 0.182. The van der Waals surface area contributed by atoms with E-state index in [-0.39, 0.29) is 30.3 Å². The zero-order chi connectivity index (χ0) is 21.5. The van der Waals surface area contributed by atoms with Crippen LogP contribution in [0.15, 0.2) is 71.5 Å². The SMILES string of the molecule is CN(C)C(=O)c1cccc(NC(=O)c2ccc(=O)n(CCOc3ccccc3)n2)c1. The molecule has 3 rings (SSSR count). The van der Waals surface area contributed by atoms with E-state index in [1.54, 1.807) is 38.4 Å². The van der Waals surface area contributed by atoms with Crippen LogP contribution in [0.1, 0.15) is 20.8 Å². The van der Waals surface area contributed by atoms with Crippen molar-refractivity contribution < 1.29 is 14.3 Å². The highest BCUT2D eigenvalue weighted by Crippen LogP contribution is 2.13. The molecule has 0 fully saturated rings. The van der Waals surface area contributed by atoms with Crippen molar-refractivity contribution in [3.8, 4) is 5.75 Å². The molecule has 0 saturated heterocycles. The molecule has 2 aromatic carbocycles. The van der Waals surface area contributed by atoms with Crippen molar-refractivity contribution in [1.82, 2.24) is 14.7 Å². The molecular weight excluding hydrogens is 384 g/mol. The highest BCUT2D eigenvalue weighted by Gasteiger charge is 2.13. The van der Waals surface area contributed by atoms with E-state index in [9.17, 15) is 14.4 Å². The zero-order valence-electron chi connectivity index (χ0n) is 16.7. The molecule has 154 valence electrons. The van der Waals surface area contributed by atoms with Crippen molar-refractivity contribution in [3.63, 3.8) is 0 Å². The van der Waals surface area contributed by atoms with Crippen LogP contribution < -0.4 is 15.6 Å². The summed E-state index contributed by atoms with van der Waals surface area (Å²) in [6.45, 7) is 0.429. The van der Waals surface area contributed by atoms with Gasteiger partial charge in [0.15, 0.2) is 0 Å². The van der Waals surface area contributed by atoms with E-state index in [0.29, 0.717) is 17.0 Å². The maximum Gasteiger partial charge on any atom is 0.276 e. The van der Waals surface area contributed by atoms with Gasteiger partial charge < -0.3 is 15.0 Å². The van der Waals surface area contributed by atoms with Gasteiger partial charge in [-0.3, -0.25) is 14.4 Å². The molecule has 0 saturated carbocycles. The van der Waals surface area contributed by atoms with E-state index in [1.807, 2.05) is 30.3 Å². The number of benzene rings is 2. The molecule has 0 spiro atoms. The van der Waals surface area contributed by atoms with Gasteiger partial charge in [0.2, 0.25) is 0 Å². The minimum atomic E-state index is -0.484. The summed E-state index contributed by atoms with van der Waals surface area (Å²) >= 11 is 0. The Kier molecular flexibility index (Phi) is 6.59. The molecule has 0 unspecified atom stereocenters. The number of carbonyl (C=O) groups is 2. The van der Waals surface area contributed by atoms with E-state index in [2.05, 4.69) is 10.4 Å². The molecule has 0 aliphatic heterocycles. The average Bonchev–Trinajstić information content (AvgIpc) is 2.75. The second-order valence-electron chi connectivity index (χ2n) is 6.68. The summed E-state index contributed by atoms with van der Waals surface area (Å²) < 4.78 is 6.76. The molecule has 0 atom stereocenters. The van der Waals surface area contributed by atoms with Crippen LogP contribution in [0.3, 0.4) is 0 Å². The van der Waals surface area contributed by atoms with Crippen molar-refractivity contribution in [2.45, 2.75) is 6.54 Å². The molecule has 30 heavy (non-hydrogen) atoms. The first-order chi connectivity index (χ1) is 14.4. The first kappa shape index (κ1) is 20.8. The Morgan fingerprint density at radius 3 is 2.53 bits per heavy atom. The van der Waals surface area contributed by atoms with Gasteiger partial charge in [-0.05, 0) is 36.4 Å². The topological polar surface area (TPSA) is 93.5 Å². The molecule has 8 heteroatoms. The summed E-state index contributed by atoms with van der Waals surface area (Å²) in [6, 6.07) is 18.5. The smallest absolute Gasteiger partial charge is 0.276 e. The number of aromatic nitrogens is 2. The number of hydrogen-bond donors (Lipinski definition) is 1. The molecule has 0 aliphatic rings. The summed E-state index contributed by atoms with van der Waals surface area (Å²) in [5.41, 5.74) is 0.661. The summed E-state index contributed by atoms with van der Waals surface area (Å²) in [4.78, 5) is 38.2. The van der Waals surface area contributed by atoms with Crippen molar-refractivity contribution >= 4 is 17.5 Å². The van der Waals surface area contributed by atoms with Gasteiger partial charge in [0.1, 0.15) is 18.1 Å². The number of anilines is 1. The van der Waals surface area contributed by atoms with Gasteiger partial charge in [0.25, 0.3) is 17.4 Å². The van der Waals surface area contributed by atoms with Gasteiger partial charge >= 0.3 is 0 Å². The number of hydrogen-bond acceptors (Lipinski definition) is 5. The lowest BCUT2D eigenvalue weighted by Gasteiger charge is -2.12. The number of nitrogens with zero attached hydrogens (tertiary/aromatic N) is 3. The molecule has 0 radical (unpaired) electrons. The number of ether oxygens (including phenoxy) is 1. The summed E-state index contributed by atoms with van der Waals surface area (Å²) in [7, 11) is 3.31. The quantitative estimate of drug-likeness (QED) is 0.650. The van der Waals surface area contributed by atoms with E-state index in [4.69, 9.17) is 4.74 Å². The predicted octanol–water partition coefficient (Wildman–Crippen LogP) is 2.28. The van der Waals surface area contributed by atoms with Crippen molar-refractivity contribution in [2.24, 2.45) is 0 Å². The van der Waals surface area contributed by atoms with E-state index in [0.717, 1.165) is 0 Å². The van der Waals surface area contributed by atoms with Crippen LogP contribution in [0, 0.1) is 0 Å². The van der Waals surface area contributed by atoms with E-state index in [1.165, 1.54) is 21.7 Å². The Bertz CT molecular complexity index is 1090. The van der Waals surface area contributed by atoms with Gasteiger partial charge in [-0.25, -0.2) is 4.68 Å². The fourth-order valence-corrected chi connectivity index (χ4v) is 2.68. The van der Waals surface area contributed by atoms with Crippen LogP contribution in [-0.4, -0.2) is 47.2 Å². The normalized spacial score (nSPS) is 10.3. The van der Waals surface area contributed by atoms with Crippen molar-refractivity contribution in [3.05, 3.63) is 88.3 Å². The second kappa shape index (κ2) is 9.51. The predicted molar refractivity (Wildman–Crippen MR) is 113 cm³/mol. The molecule has 1 heterocycles. The second-order valence-corrected chi connectivity index (χ2v) is 6.68. The molecule has 8 nitrogen and oxygen atoms in total. The zero-order valence-corrected chi connectivity index (χ0v) is 16.7. The van der Waals surface area contributed by atoms with Gasteiger partial charge in [0, 0.05) is 31.4 Å². The summed E-state index contributed by atoms with van der Waals surface area (Å²) in [5, 5.41) is 6.82. The van der Waals surface area contributed by atoms with Gasteiger partial charge in [-0.15, -0.1) is 0 Å². The van der Waals surface area contributed by atoms with Crippen LogP contribution in [0.5, 0.6) is 5.75 Å². The number of rotatable bonds is 7. The minimum absolute atomic E-state index is 0.0821. The van der Waals surface area contributed by atoms with Crippen LogP contribution in [0.2, 0.25) is 0 Å². The molecule has 1 aromatic heterocycles. The monoisotopic (exact) mass is 406 g/mol. The fourth-order valence-electron chi connectivity index (χ4n) is 2.68. The van der Waals surface area contributed by atoms with Crippen LogP contribution >= 0.6 is 0 Å². The first-order valence-corrected chi connectivity index (χ1v) is 9.33. The third kappa shape index (κ3) is 5.32. The number of amides is 2. The lowest BCUT2D eigenvalue weighted by Crippen LogP contribution is -2.28. The number of carbonyl (C=O) groups excluding carboxylic acids is 2.